The quantitative estimate of drug-likeness (QED) is 0.717. The van der Waals surface area contributed by atoms with Crippen molar-refractivity contribution in [2.24, 2.45) is 5.73 Å². The summed E-state index contributed by atoms with van der Waals surface area (Å²) >= 11 is 0. The molecule has 0 aliphatic heterocycles. The van der Waals surface area contributed by atoms with Gasteiger partial charge in [0.15, 0.2) is 0 Å². The molecule has 1 atom stereocenters. The number of rotatable bonds is 7. The Balaban J connectivity index is 2.31. The van der Waals surface area contributed by atoms with Crippen molar-refractivity contribution < 1.29 is 4.74 Å². The van der Waals surface area contributed by atoms with Crippen LogP contribution in [0.5, 0.6) is 0 Å². The number of hydrogen-bond acceptors (Lipinski definition) is 5. The predicted octanol–water partition coefficient (Wildman–Crippen LogP) is 0.815. The van der Waals surface area contributed by atoms with Gasteiger partial charge in [0.05, 0.1) is 6.61 Å². The van der Waals surface area contributed by atoms with Crippen LogP contribution in [0.4, 0.5) is 5.82 Å². The molecule has 90 valence electrons. The Morgan fingerprint density at radius 1 is 1.50 bits per heavy atom. The van der Waals surface area contributed by atoms with Crippen molar-refractivity contribution in [3.63, 3.8) is 0 Å². The highest BCUT2D eigenvalue weighted by molar-refractivity contribution is 5.34. The lowest BCUT2D eigenvalue weighted by Gasteiger charge is -2.11. The highest BCUT2D eigenvalue weighted by Crippen LogP contribution is 2.04. The maximum Gasteiger partial charge on any atom is 0.129 e. The summed E-state index contributed by atoms with van der Waals surface area (Å²) in [7, 11) is 1.66. The highest BCUT2D eigenvalue weighted by Gasteiger charge is 2.01. The highest BCUT2D eigenvalue weighted by atomic mass is 16.5. The molecule has 5 nitrogen and oxygen atoms in total. The molecule has 1 heterocycles. The third kappa shape index (κ3) is 4.55. The van der Waals surface area contributed by atoms with Crippen LogP contribution in [0.25, 0.3) is 0 Å². The molecule has 0 spiro atoms. The van der Waals surface area contributed by atoms with E-state index in [9.17, 15) is 0 Å². The van der Waals surface area contributed by atoms with E-state index in [4.69, 9.17) is 10.5 Å². The largest absolute Gasteiger partial charge is 0.383 e. The molecule has 0 aromatic carbocycles. The van der Waals surface area contributed by atoms with Gasteiger partial charge in [-0.3, -0.25) is 0 Å². The van der Waals surface area contributed by atoms with Crippen LogP contribution in [0.15, 0.2) is 12.4 Å². The topological polar surface area (TPSA) is 73.1 Å². The molecule has 1 aromatic heterocycles. The molecule has 0 fully saturated rings. The van der Waals surface area contributed by atoms with Gasteiger partial charge in [-0.2, -0.15) is 0 Å². The van der Waals surface area contributed by atoms with Gasteiger partial charge in [0.2, 0.25) is 0 Å². The minimum Gasteiger partial charge on any atom is -0.383 e. The van der Waals surface area contributed by atoms with E-state index in [0.717, 1.165) is 30.9 Å². The van der Waals surface area contributed by atoms with Crippen molar-refractivity contribution in [3.05, 3.63) is 18.1 Å². The average Bonchev–Trinajstić information content (AvgIpc) is 2.30. The monoisotopic (exact) mass is 224 g/mol. The van der Waals surface area contributed by atoms with E-state index < -0.39 is 0 Å². The summed E-state index contributed by atoms with van der Waals surface area (Å²) in [6, 6.07) is 2.03. The average molecular weight is 224 g/mol. The van der Waals surface area contributed by atoms with Crippen molar-refractivity contribution in [3.8, 4) is 0 Å². The Bertz CT molecular complexity index is 306. The van der Waals surface area contributed by atoms with Gasteiger partial charge in [0.1, 0.15) is 12.1 Å². The fourth-order valence-corrected chi connectivity index (χ4v) is 1.37. The first-order valence-electron chi connectivity index (χ1n) is 5.55. The summed E-state index contributed by atoms with van der Waals surface area (Å²) in [6.45, 7) is 3.46. The Morgan fingerprint density at radius 2 is 2.31 bits per heavy atom. The molecule has 3 N–H and O–H groups in total. The van der Waals surface area contributed by atoms with Crippen LogP contribution >= 0.6 is 0 Å². The number of hydrogen-bond donors (Lipinski definition) is 2. The minimum absolute atomic E-state index is 0.0741. The summed E-state index contributed by atoms with van der Waals surface area (Å²) in [5.41, 5.74) is 6.85. The van der Waals surface area contributed by atoms with Crippen LogP contribution in [0.3, 0.4) is 0 Å². The second-order valence-corrected chi connectivity index (χ2v) is 3.68. The maximum atomic E-state index is 5.81. The maximum absolute atomic E-state index is 5.81. The van der Waals surface area contributed by atoms with Gasteiger partial charge in [-0.25, -0.2) is 9.97 Å². The van der Waals surface area contributed by atoms with Crippen molar-refractivity contribution >= 4 is 5.82 Å². The molecule has 0 saturated heterocycles. The molecule has 0 bridgehead atoms. The van der Waals surface area contributed by atoms with Crippen molar-refractivity contribution in [2.75, 3.05) is 25.6 Å². The zero-order chi connectivity index (χ0) is 11.8. The van der Waals surface area contributed by atoms with Crippen LogP contribution < -0.4 is 11.1 Å². The summed E-state index contributed by atoms with van der Waals surface area (Å²) in [5.74, 6) is 0.858. The summed E-state index contributed by atoms with van der Waals surface area (Å²) in [5, 5.41) is 3.22. The molecule has 0 radical (unpaired) electrons. The first-order chi connectivity index (χ1) is 7.76. The summed E-state index contributed by atoms with van der Waals surface area (Å²) < 4.78 is 4.96. The SMILES string of the molecule is CCc1cc(NCCC(N)COC)ncn1. The molecular weight excluding hydrogens is 204 g/mol. The fourth-order valence-electron chi connectivity index (χ4n) is 1.37. The lowest BCUT2D eigenvalue weighted by Crippen LogP contribution is -2.28. The number of methoxy groups -OCH3 is 1. The van der Waals surface area contributed by atoms with E-state index in [0.29, 0.717) is 6.61 Å². The van der Waals surface area contributed by atoms with Crippen LogP contribution in [0.1, 0.15) is 19.0 Å². The Kier molecular flexibility index (Phi) is 5.74. The number of nitrogens with two attached hydrogens (primary N) is 1. The third-order valence-corrected chi connectivity index (χ3v) is 2.29. The molecule has 0 amide bonds. The van der Waals surface area contributed by atoms with Gasteiger partial charge in [0.25, 0.3) is 0 Å². The van der Waals surface area contributed by atoms with Crippen molar-refractivity contribution in [2.45, 2.75) is 25.8 Å². The minimum atomic E-state index is 0.0741. The van der Waals surface area contributed by atoms with Crippen molar-refractivity contribution in [1.82, 2.24) is 9.97 Å². The zero-order valence-electron chi connectivity index (χ0n) is 9.94. The van der Waals surface area contributed by atoms with Gasteiger partial charge >= 0.3 is 0 Å². The van der Waals surface area contributed by atoms with Crippen LogP contribution in [0, 0.1) is 0 Å². The molecular formula is C11H20N4O. The number of aryl methyl sites for hydroxylation is 1. The van der Waals surface area contributed by atoms with E-state index in [1.807, 2.05) is 6.07 Å². The van der Waals surface area contributed by atoms with E-state index in [1.54, 1.807) is 13.4 Å². The van der Waals surface area contributed by atoms with E-state index >= 15 is 0 Å². The Morgan fingerprint density at radius 3 is 3.00 bits per heavy atom. The Hall–Kier alpha value is -1.20. The number of nitrogens with zero attached hydrogens (tertiary/aromatic N) is 2. The van der Waals surface area contributed by atoms with Gasteiger partial charge in [-0.15, -0.1) is 0 Å². The van der Waals surface area contributed by atoms with E-state index in [1.165, 1.54) is 0 Å². The molecule has 0 aliphatic carbocycles. The van der Waals surface area contributed by atoms with Gasteiger partial charge in [0, 0.05) is 31.5 Å². The number of aromatic nitrogens is 2. The lowest BCUT2D eigenvalue weighted by molar-refractivity contribution is 0.178. The van der Waals surface area contributed by atoms with E-state index in [2.05, 4.69) is 22.2 Å². The lowest BCUT2D eigenvalue weighted by atomic mass is 10.2. The molecule has 5 heteroatoms. The molecule has 1 unspecified atom stereocenters. The van der Waals surface area contributed by atoms with Crippen LogP contribution in [-0.4, -0.2) is 36.3 Å². The Labute approximate surface area is 96.4 Å². The third-order valence-electron chi connectivity index (χ3n) is 2.29. The summed E-state index contributed by atoms with van der Waals surface area (Å²) in [4.78, 5) is 8.27. The van der Waals surface area contributed by atoms with Gasteiger partial charge in [-0.05, 0) is 12.8 Å². The van der Waals surface area contributed by atoms with E-state index in [-0.39, 0.29) is 6.04 Å². The first-order valence-corrected chi connectivity index (χ1v) is 5.55. The molecule has 1 rings (SSSR count). The van der Waals surface area contributed by atoms with Gasteiger partial charge < -0.3 is 15.8 Å². The first kappa shape index (κ1) is 12.9. The zero-order valence-corrected chi connectivity index (χ0v) is 9.94. The number of anilines is 1. The van der Waals surface area contributed by atoms with Crippen LogP contribution in [-0.2, 0) is 11.2 Å². The molecule has 0 saturated carbocycles. The fraction of sp³-hybridized carbons (Fsp3) is 0.636. The second kappa shape index (κ2) is 7.14. The molecule has 1 aromatic rings. The number of ether oxygens (including phenoxy) is 1. The molecule has 0 aliphatic rings. The van der Waals surface area contributed by atoms with Crippen molar-refractivity contribution in [1.29, 1.82) is 0 Å². The second-order valence-electron chi connectivity index (χ2n) is 3.68. The van der Waals surface area contributed by atoms with Crippen LogP contribution in [0.2, 0.25) is 0 Å². The number of nitrogens with one attached hydrogen (secondary N) is 1. The normalized spacial score (nSPS) is 12.4. The predicted molar refractivity (Wildman–Crippen MR) is 64.4 cm³/mol. The van der Waals surface area contributed by atoms with Gasteiger partial charge in [-0.1, -0.05) is 6.92 Å². The standard InChI is InChI=1S/C11H20N4O/c1-3-10-6-11(15-8-14-10)13-5-4-9(12)7-16-2/h6,8-9H,3-5,7,12H2,1-2H3,(H,13,14,15). The summed E-state index contributed by atoms with van der Waals surface area (Å²) in [6.07, 6.45) is 3.36. The molecule has 16 heavy (non-hydrogen) atoms. The smallest absolute Gasteiger partial charge is 0.129 e.